The number of hydrogen-bond acceptors (Lipinski definition) is 2. The van der Waals surface area contributed by atoms with Gasteiger partial charge in [0.25, 0.3) is 0 Å². The maximum Gasteiger partial charge on any atom is 0.106 e. The Morgan fingerprint density at radius 2 is 1.48 bits per heavy atom. The summed E-state index contributed by atoms with van der Waals surface area (Å²) in [6.45, 7) is 5.94. The number of ether oxygens (including phenoxy) is 2. The van der Waals surface area contributed by atoms with Gasteiger partial charge in [-0.05, 0) is 55.1 Å². The predicted octanol–water partition coefficient (Wildman–Crippen LogP) is 7.19. The molecule has 0 aromatic heterocycles. The highest BCUT2D eigenvalue weighted by atomic mass is 16.6. The van der Waals surface area contributed by atoms with Gasteiger partial charge >= 0.3 is 0 Å². The number of unbranched alkanes of at least 4 members (excludes halogenated alkanes) is 3. The first-order chi connectivity index (χ1) is 13.3. The molecular weight excluding hydrogens is 332 g/mol. The van der Waals surface area contributed by atoms with Crippen molar-refractivity contribution < 1.29 is 9.47 Å². The summed E-state index contributed by atoms with van der Waals surface area (Å²) in [4.78, 5) is 0. The average Bonchev–Trinajstić information content (AvgIpc) is 2.73. The molecule has 1 aliphatic heterocycles. The van der Waals surface area contributed by atoms with Crippen LogP contribution in [0.5, 0.6) is 0 Å². The van der Waals surface area contributed by atoms with Crippen LogP contribution in [0.1, 0.15) is 108 Å². The second-order valence-corrected chi connectivity index (χ2v) is 8.80. The molecular formula is C25H40O2. The minimum atomic E-state index is 0.117. The minimum absolute atomic E-state index is 0.117. The van der Waals surface area contributed by atoms with E-state index in [1.165, 1.54) is 68.9 Å². The van der Waals surface area contributed by atoms with Crippen LogP contribution < -0.4 is 0 Å². The molecule has 2 fully saturated rings. The lowest BCUT2D eigenvalue weighted by Gasteiger charge is -2.31. The Hall–Kier alpha value is -0.860. The van der Waals surface area contributed by atoms with Crippen molar-refractivity contribution >= 4 is 0 Å². The second-order valence-electron chi connectivity index (χ2n) is 8.80. The summed E-state index contributed by atoms with van der Waals surface area (Å²) in [7, 11) is 0. The summed E-state index contributed by atoms with van der Waals surface area (Å²) in [6.07, 6.45) is 15.4. The van der Waals surface area contributed by atoms with Crippen molar-refractivity contribution in [3.8, 4) is 0 Å². The molecule has 1 aromatic carbocycles. The van der Waals surface area contributed by atoms with Crippen molar-refractivity contribution in [1.82, 2.24) is 0 Å². The normalized spacial score (nSPS) is 29.0. The third-order valence-electron chi connectivity index (χ3n) is 6.67. The summed E-state index contributed by atoms with van der Waals surface area (Å²) in [5.74, 6) is 1.75. The largest absolute Gasteiger partial charge is 0.373 e. The standard InChI is InChI=1S/C25H40O2/c1-3-5-6-7-9-20-10-12-21(13-11-20)22-14-16-23(17-15-22)25-19-26-24(8-4-2)18-27-25/h14-17,20-21,24-25H,3-13,18-19H2,1-2H3/t20?,21?,24-,25-/m0/s1. The van der Waals surface area contributed by atoms with E-state index in [2.05, 4.69) is 38.1 Å². The fourth-order valence-electron chi connectivity index (χ4n) is 4.85. The topological polar surface area (TPSA) is 18.5 Å². The Morgan fingerprint density at radius 3 is 2.11 bits per heavy atom. The fraction of sp³-hybridized carbons (Fsp3) is 0.760. The molecule has 1 aromatic rings. The Morgan fingerprint density at radius 1 is 0.741 bits per heavy atom. The highest BCUT2D eigenvalue weighted by Crippen LogP contribution is 2.38. The Kier molecular flexibility index (Phi) is 8.67. The van der Waals surface area contributed by atoms with Crippen molar-refractivity contribution in [2.24, 2.45) is 5.92 Å². The van der Waals surface area contributed by atoms with Crippen molar-refractivity contribution in [3.05, 3.63) is 35.4 Å². The van der Waals surface area contributed by atoms with Crippen LogP contribution in [-0.4, -0.2) is 19.3 Å². The van der Waals surface area contributed by atoms with Gasteiger partial charge in [0.1, 0.15) is 6.10 Å². The second kappa shape index (κ2) is 11.2. The van der Waals surface area contributed by atoms with Crippen LogP contribution in [0.25, 0.3) is 0 Å². The molecule has 1 heterocycles. The fourth-order valence-corrected chi connectivity index (χ4v) is 4.85. The van der Waals surface area contributed by atoms with Gasteiger partial charge in [0.2, 0.25) is 0 Å². The van der Waals surface area contributed by atoms with Crippen LogP contribution in [0, 0.1) is 5.92 Å². The third-order valence-corrected chi connectivity index (χ3v) is 6.67. The Balaban J connectivity index is 1.42. The lowest BCUT2D eigenvalue weighted by atomic mass is 9.77. The van der Waals surface area contributed by atoms with Gasteiger partial charge < -0.3 is 9.47 Å². The van der Waals surface area contributed by atoms with Gasteiger partial charge in [-0.2, -0.15) is 0 Å². The molecule has 0 N–H and O–H groups in total. The summed E-state index contributed by atoms with van der Waals surface area (Å²) in [6, 6.07) is 9.26. The van der Waals surface area contributed by atoms with Gasteiger partial charge in [-0.25, -0.2) is 0 Å². The maximum absolute atomic E-state index is 6.06. The van der Waals surface area contributed by atoms with E-state index in [9.17, 15) is 0 Å². The molecule has 0 unspecified atom stereocenters. The van der Waals surface area contributed by atoms with Crippen LogP contribution in [0.15, 0.2) is 24.3 Å². The van der Waals surface area contributed by atoms with Crippen molar-refractivity contribution in [2.75, 3.05) is 13.2 Å². The summed E-state index contributed by atoms with van der Waals surface area (Å²) >= 11 is 0. The molecule has 1 saturated heterocycles. The molecule has 27 heavy (non-hydrogen) atoms. The SMILES string of the molecule is CCCCCCC1CCC(c2ccc([C@@H]3CO[C@@H](CCC)CO3)cc2)CC1. The Bertz CT molecular complexity index is 508. The zero-order chi connectivity index (χ0) is 18.9. The summed E-state index contributed by atoms with van der Waals surface area (Å²) in [5.41, 5.74) is 2.81. The van der Waals surface area contributed by atoms with E-state index in [-0.39, 0.29) is 6.10 Å². The van der Waals surface area contributed by atoms with E-state index in [0.29, 0.717) is 12.7 Å². The lowest BCUT2D eigenvalue weighted by Crippen LogP contribution is -2.30. The molecule has 2 nitrogen and oxygen atoms in total. The van der Waals surface area contributed by atoms with Gasteiger partial charge in [-0.15, -0.1) is 0 Å². The zero-order valence-corrected chi connectivity index (χ0v) is 17.6. The van der Waals surface area contributed by atoms with Crippen LogP contribution in [0.3, 0.4) is 0 Å². The summed E-state index contributed by atoms with van der Waals surface area (Å²) in [5, 5.41) is 0. The van der Waals surface area contributed by atoms with Gasteiger partial charge in [-0.1, -0.05) is 76.6 Å². The molecule has 2 aliphatic rings. The van der Waals surface area contributed by atoms with Crippen molar-refractivity contribution in [1.29, 1.82) is 0 Å². The quantitative estimate of drug-likeness (QED) is 0.427. The van der Waals surface area contributed by atoms with Crippen LogP contribution in [0.4, 0.5) is 0 Å². The van der Waals surface area contributed by atoms with Gasteiger partial charge in [0, 0.05) is 0 Å². The first-order valence-electron chi connectivity index (χ1n) is 11.6. The molecule has 1 aliphatic carbocycles. The van der Waals surface area contributed by atoms with E-state index in [0.717, 1.165) is 31.3 Å². The molecule has 0 radical (unpaired) electrons. The first kappa shape index (κ1) is 20.9. The van der Waals surface area contributed by atoms with Gasteiger partial charge in [-0.3, -0.25) is 0 Å². The predicted molar refractivity (Wildman–Crippen MR) is 113 cm³/mol. The molecule has 1 saturated carbocycles. The molecule has 2 atom stereocenters. The summed E-state index contributed by atoms with van der Waals surface area (Å²) < 4.78 is 12.0. The molecule has 152 valence electrons. The van der Waals surface area contributed by atoms with Crippen molar-refractivity contribution in [3.63, 3.8) is 0 Å². The molecule has 2 heteroatoms. The number of hydrogen-bond donors (Lipinski definition) is 0. The van der Waals surface area contributed by atoms with Gasteiger partial charge in [0.05, 0.1) is 19.3 Å². The van der Waals surface area contributed by atoms with Crippen LogP contribution >= 0.6 is 0 Å². The van der Waals surface area contributed by atoms with Crippen LogP contribution in [0.2, 0.25) is 0 Å². The molecule has 0 bridgehead atoms. The highest BCUT2D eigenvalue weighted by Gasteiger charge is 2.25. The van der Waals surface area contributed by atoms with E-state index in [4.69, 9.17) is 9.47 Å². The van der Waals surface area contributed by atoms with Crippen molar-refractivity contribution in [2.45, 2.75) is 103 Å². The monoisotopic (exact) mass is 372 g/mol. The highest BCUT2D eigenvalue weighted by molar-refractivity contribution is 5.27. The van der Waals surface area contributed by atoms with Crippen LogP contribution in [-0.2, 0) is 9.47 Å². The maximum atomic E-state index is 6.06. The molecule has 0 spiro atoms. The first-order valence-corrected chi connectivity index (χ1v) is 11.6. The minimum Gasteiger partial charge on any atom is -0.373 e. The number of benzene rings is 1. The van der Waals surface area contributed by atoms with E-state index in [1.54, 1.807) is 0 Å². The molecule has 0 amide bonds. The third kappa shape index (κ3) is 6.32. The van der Waals surface area contributed by atoms with E-state index >= 15 is 0 Å². The number of rotatable bonds is 9. The van der Waals surface area contributed by atoms with E-state index < -0.39 is 0 Å². The Labute approximate surface area is 167 Å². The van der Waals surface area contributed by atoms with E-state index in [1.807, 2.05) is 0 Å². The molecule has 3 rings (SSSR count). The zero-order valence-electron chi connectivity index (χ0n) is 17.6. The smallest absolute Gasteiger partial charge is 0.106 e. The lowest BCUT2D eigenvalue weighted by molar-refractivity contribution is -0.137. The average molecular weight is 373 g/mol. The van der Waals surface area contributed by atoms with Gasteiger partial charge in [0.15, 0.2) is 0 Å².